The fourth-order valence-electron chi connectivity index (χ4n) is 1.68. The third kappa shape index (κ3) is 3.01. The summed E-state index contributed by atoms with van der Waals surface area (Å²) in [6, 6.07) is 13.3. The predicted octanol–water partition coefficient (Wildman–Crippen LogP) is 4.48. The van der Waals surface area contributed by atoms with Crippen LogP contribution in [0.4, 0.5) is 8.78 Å². The Hall–Kier alpha value is -2.12. The van der Waals surface area contributed by atoms with Crippen molar-refractivity contribution in [3.05, 3.63) is 53.1 Å². The summed E-state index contributed by atoms with van der Waals surface area (Å²) in [5, 5.41) is 9.49. The number of halogens is 3. The number of nitriles is 1. The summed E-state index contributed by atoms with van der Waals surface area (Å²) >= 11 is 6.04. The molecular weight excluding hydrogens is 272 g/mol. The van der Waals surface area contributed by atoms with Gasteiger partial charge in [0.1, 0.15) is 11.8 Å². The van der Waals surface area contributed by atoms with E-state index in [1.807, 2.05) is 6.07 Å². The molecular formula is C14H8ClF2NO. The van der Waals surface area contributed by atoms with Crippen LogP contribution in [0.15, 0.2) is 42.5 Å². The van der Waals surface area contributed by atoms with Crippen LogP contribution < -0.4 is 4.74 Å². The van der Waals surface area contributed by atoms with Gasteiger partial charge in [0.15, 0.2) is 0 Å². The minimum Gasteiger partial charge on any atom is -0.433 e. The van der Waals surface area contributed by atoms with Crippen LogP contribution in [0, 0.1) is 11.3 Å². The van der Waals surface area contributed by atoms with Gasteiger partial charge in [-0.1, -0.05) is 35.9 Å². The van der Waals surface area contributed by atoms with Gasteiger partial charge >= 0.3 is 6.61 Å². The number of alkyl halides is 2. The summed E-state index contributed by atoms with van der Waals surface area (Å²) in [4.78, 5) is 0. The largest absolute Gasteiger partial charge is 0.433 e. The van der Waals surface area contributed by atoms with Gasteiger partial charge in [-0.15, -0.1) is 0 Å². The lowest BCUT2D eigenvalue weighted by atomic mass is 10.0. The van der Waals surface area contributed by atoms with Crippen molar-refractivity contribution in [2.75, 3.05) is 0 Å². The molecule has 0 atom stereocenters. The Morgan fingerprint density at radius 3 is 2.53 bits per heavy atom. The van der Waals surface area contributed by atoms with Crippen molar-refractivity contribution < 1.29 is 13.5 Å². The summed E-state index contributed by atoms with van der Waals surface area (Å²) in [5.41, 5.74) is 1.44. The zero-order valence-corrected chi connectivity index (χ0v) is 10.4. The second-order valence-electron chi connectivity index (χ2n) is 3.68. The first-order valence-corrected chi connectivity index (χ1v) is 5.73. The average molecular weight is 280 g/mol. The molecule has 2 aromatic rings. The summed E-state index contributed by atoms with van der Waals surface area (Å²) < 4.78 is 28.6. The molecule has 0 aliphatic carbocycles. The van der Waals surface area contributed by atoms with Crippen LogP contribution in [0.5, 0.6) is 5.75 Å². The zero-order valence-electron chi connectivity index (χ0n) is 9.61. The topological polar surface area (TPSA) is 33.0 Å². The van der Waals surface area contributed by atoms with Crippen LogP contribution in [-0.4, -0.2) is 6.61 Å². The van der Waals surface area contributed by atoms with Crippen LogP contribution in [-0.2, 0) is 0 Å². The third-order valence-corrected chi connectivity index (χ3v) is 2.83. The monoisotopic (exact) mass is 279 g/mol. The number of ether oxygens (including phenoxy) is 1. The molecule has 0 aromatic heterocycles. The maximum absolute atomic E-state index is 12.2. The van der Waals surface area contributed by atoms with E-state index in [2.05, 4.69) is 4.74 Å². The first kappa shape index (κ1) is 13.3. The van der Waals surface area contributed by atoms with Crippen LogP contribution in [0.3, 0.4) is 0 Å². The van der Waals surface area contributed by atoms with Crippen molar-refractivity contribution in [2.24, 2.45) is 0 Å². The van der Waals surface area contributed by atoms with Gasteiger partial charge in [-0.25, -0.2) is 0 Å². The molecule has 0 amide bonds. The van der Waals surface area contributed by atoms with E-state index in [-0.39, 0.29) is 11.3 Å². The van der Waals surface area contributed by atoms with Crippen molar-refractivity contribution in [3.8, 4) is 22.9 Å². The van der Waals surface area contributed by atoms with Crippen molar-refractivity contribution >= 4 is 11.6 Å². The van der Waals surface area contributed by atoms with E-state index in [9.17, 15) is 8.78 Å². The molecule has 0 spiro atoms. The molecule has 5 heteroatoms. The summed E-state index contributed by atoms with van der Waals surface area (Å²) in [6.07, 6.45) is 0. The number of hydrogen-bond donors (Lipinski definition) is 0. The number of benzene rings is 2. The van der Waals surface area contributed by atoms with E-state index in [0.717, 1.165) is 5.56 Å². The van der Waals surface area contributed by atoms with Gasteiger partial charge in [-0.3, -0.25) is 0 Å². The summed E-state index contributed by atoms with van der Waals surface area (Å²) in [6.45, 7) is -2.96. The first-order valence-electron chi connectivity index (χ1n) is 5.35. The lowest BCUT2D eigenvalue weighted by Gasteiger charge is -2.09. The van der Waals surface area contributed by atoms with Gasteiger partial charge in [0, 0.05) is 10.6 Å². The fourth-order valence-corrected chi connectivity index (χ4v) is 1.92. The Balaban J connectivity index is 2.46. The van der Waals surface area contributed by atoms with Crippen molar-refractivity contribution in [1.82, 2.24) is 0 Å². The van der Waals surface area contributed by atoms with E-state index in [0.29, 0.717) is 10.6 Å². The van der Waals surface area contributed by atoms with E-state index < -0.39 is 6.61 Å². The minimum absolute atomic E-state index is 0.0396. The van der Waals surface area contributed by atoms with Gasteiger partial charge in [0.2, 0.25) is 0 Å². The maximum Gasteiger partial charge on any atom is 0.387 e. The number of hydrogen-bond acceptors (Lipinski definition) is 2. The Bertz CT molecular complexity index is 638. The highest BCUT2D eigenvalue weighted by molar-refractivity contribution is 6.33. The van der Waals surface area contributed by atoms with Gasteiger partial charge < -0.3 is 4.74 Å². The second-order valence-corrected chi connectivity index (χ2v) is 4.09. The molecule has 0 saturated heterocycles. The number of nitrogens with zero attached hydrogens (tertiary/aromatic N) is 1. The highest BCUT2D eigenvalue weighted by atomic mass is 35.5. The highest BCUT2D eigenvalue weighted by Gasteiger charge is 2.11. The standard InChI is InChI=1S/C14H8ClF2NO/c15-12-4-2-1-3-11(12)9-5-6-13(19-14(16)17)10(7-9)8-18/h1-7,14H. The Labute approximate surface area is 113 Å². The quantitative estimate of drug-likeness (QED) is 0.830. The molecule has 0 radical (unpaired) electrons. The Kier molecular flexibility index (Phi) is 3.98. The van der Waals surface area contributed by atoms with Crippen molar-refractivity contribution in [1.29, 1.82) is 5.26 Å². The molecule has 0 aliphatic rings. The van der Waals surface area contributed by atoms with Crippen molar-refractivity contribution in [2.45, 2.75) is 6.61 Å². The normalized spacial score (nSPS) is 10.3. The predicted molar refractivity (Wildman–Crippen MR) is 68.2 cm³/mol. The van der Waals surface area contributed by atoms with E-state index in [4.69, 9.17) is 16.9 Å². The lowest BCUT2D eigenvalue weighted by Crippen LogP contribution is -2.03. The van der Waals surface area contributed by atoms with Crippen LogP contribution in [0.25, 0.3) is 11.1 Å². The highest BCUT2D eigenvalue weighted by Crippen LogP contribution is 2.31. The third-order valence-electron chi connectivity index (χ3n) is 2.50. The minimum atomic E-state index is -2.96. The van der Waals surface area contributed by atoms with Crippen LogP contribution >= 0.6 is 11.6 Å². The van der Waals surface area contributed by atoms with Gasteiger partial charge in [-0.2, -0.15) is 14.0 Å². The van der Waals surface area contributed by atoms with Gasteiger partial charge in [-0.05, 0) is 23.8 Å². The smallest absolute Gasteiger partial charge is 0.387 e. The van der Waals surface area contributed by atoms with Crippen LogP contribution in [0.1, 0.15) is 5.56 Å². The molecule has 0 fully saturated rings. The SMILES string of the molecule is N#Cc1cc(-c2ccccc2Cl)ccc1OC(F)F. The number of rotatable bonds is 3. The van der Waals surface area contributed by atoms with E-state index in [1.54, 1.807) is 30.3 Å². The Morgan fingerprint density at radius 2 is 1.89 bits per heavy atom. The first-order chi connectivity index (χ1) is 9.11. The van der Waals surface area contributed by atoms with Crippen molar-refractivity contribution in [3.63, 3.8) is 0 Å². The van der Waals surface area contributed by atoms with E-state index >= 15 is 0 Å². The molecule has 0 bridgehead atoms. The van der Waals surface area contributed by atoms with Gasteiger partial charge in [0.05, 0.1) is 5.56 Å². The molecule has 2 nitrogen and oxygen atoms in total. The molecule has 2 rings (SSSR count). The molecule has 0 unspecified atom stereocenters. The molecule has 19 heavy (non-hydrogen) atoms. The molecule has 0 saturated carbocycles. The molecule has 0 N–H and O–H groups in total. The lowest BCUT2D eigenvalue weighted by molar-refractivity contribution is -0.0500. The fraction of sp³-hybridized carbons (Fsp3) is 0.0714. The van der Waals surface area contributed by atoms with E-state index in [1.165, 1.54) is 12.1 Å². The summed E-state index contributed by atoms with van der Waals surface area (Å²) in [5.74, 6) is -0.145. The van der Waals surface area contributed by atoms with Gasteiger partial charge in [0.25, 0.3) is 0 Å². The molecule has 0 aliphatic heterocycles. The van der Waals surface area contributed by atoms with Crippen LogP contribution in [0.2, 0.25) is 5.02 Å². The summed E-state index contributed by atoms with van der Waals surface area (Å²) in [7, 11) is 0. The molecule has 0 heterocycles. The second kappa shape index (κ2) is 5.68. The average Bonchev–Trinajstić information content (AvgIpc) is 2.39. The molecule has 96 valence electrons. The Morgan fingerprint density at radius 1 is 1.16 bits per heavy atom. The molecule has 2 aromatic carbocycles. The maximum atomic E-state index is 12.2. The zero-order chi connectivity index (χ0) is 13.8.